The van der Waals surface area contributed by atoms with Crippen molar-refractivity contribution in [3.63, 3.8) is 0 Å². The molecule has 6 nitrogen and oxygen atoms in total. The van der Waals surface area contributed by atoms with E-state index in [1.165, 1.54) is 0 Å². The van der Waals surface area contributed by atoms with Crippen molar-refractivity contribution in [2.75, 3.05) is 18.9 Å². The molecule has 1 amide bonds. The van der Waals surface area contributed by atoms with E-state index < -0.39 is 0 Å². The van der Waals surface area contributed by atoms with Crippen molar-refractivity contribution in [1.82, 2.24) is 10.6 Å². The minimum Gasteiger partial charge on any atom is -0.491 e. The third-order valence-corrected chi connectivity index (χ3v) is 3.73. The number of hydrogen-bond acceptors (Lipinski definition) is 3. The molecule has 3 N–H and O–H groups in total. The summed E-state index contributed by atoms with van der Waals surface area (Å²) in [4.78, 5) is 16.2. The van der Waals surface area contributed by atoms with Crippen molar-refractivity contribution in [3.05, 3.63) is 59.7 Å². The van der Waals surface area contributed by atoms with Gasteiger partial charge in [0.2, 0.25) is 5.91 Å². The summed E-state index contributed by atoms with van der Waals surface area (Å²) in [5, 5.41) is 9.06. The molecule has 0 aromatic heterocycles. The molecule has 0 bridgehead atoms. The molecular weight excluding hydrogens is 340 g/mol. The molecule has 2 rings (SSSR count). The molecule has 144 valence electrons. The summed E-state index contributed by atoms with van der Waals surface area (Å²) in [6.45, 7) is 6.72. The standard InChI is InChI=1S/C21H28N4O2/c1-15(2)27-19-12-16(3)10-11-17(19)13-23-21(22-4)24-14-20(26)25-18-8-6-5-7-9-18/h5-12,15H,13-14H2,1-4H3,(H,25,26)(H2,22,23,24). The number of nitrogens with one attached hydrogen (secondary N) is 3. The summed E-state index contributed by atoms with van der Waals surface area (Å²) < 4.78 is 5.89. The van der Waals surface area contributed by atoms with Crippen LogP contribution < -0.4 is 20.7 Å². The topological polar surface area (TPSA) is 74.8 Å². The quantitative estimate of drug-likeness (QED) is 0.519. The molecule has 0 atom stereocenters. The Morgan fingerprint density at radius 3 is 2.52 bits per heavy atom. The number of rotatable bonds is 7. The predicted molar refractivity (Wildman–Crippen MR) is 110 cm³/mol. The molecule has 0 radical (unpaired) electrons. The molecule has 0 saturated carbocycles. The molecule has 2 aromatic carbocycles. The van der Waals surface area contributed by atoms with Crippen molar-refractivity contribution >= 4 is 17.6 Å². The van der Waals surface area contributed by atoms with Gasteiger partial charge in [-0.3, -0.25) is 9.79 Å². The van der Waals surface area contributed by atoms with E-state index in [2.05, 4.69) is 20.9 Å². The van der Waals surface area contributed by atoms with E-state index in [1.54, 1.807) is 7.05 Å². The third-order valence-electron chi connectivity index (χ3n) is 3.73. The van der Waals surface area contributed by atoms with E-state index >= 15 is 0 Å². The Balaban J connectivity index is 1.88. The fraction of sp³-hybridized carbons (Fsp3) is 0.333. The number of anilines is 1. The van der Waals surface area contributed by atoms with Crippen LogP contribution in [0.1, 0.15) is 25.0 Å². The Kier molecular flexibility index (Phi) is 7.67. The number of ether oxygens (including phenoxy) is 1. The van der Waals surface area contributed by atoms with Crippen LogP contribution in [-0.4, -0.2) is 31.6 Å². The molecule has 2 aromatic rings. The molecular formula is C21H28N4O2. The van der Waals surface area contributed by atoms with Crippen LogP contribution in [0.2, 0.25) is 0 Å². The maximum absolute atomic E-state index is 12.0. The van der Waals surface area contributed by atoms with Gasteiger partial charge < -0.3 is 20.7 Å². The molecule has 0 saturated heterocycles. The number of aliphatic imine (C=N–C) groups is 1. The molecule has 0 unspecified atom stereocenters. The normalized spacial score (nSPS) is 11.2. The lowest BCUT2D eigenvalue weighted by Crippen LogP contribution is -2.41. The van der Waals surface area contributed by atoms with Crippen molar-refractivity contribution in [3.8, 4) is 5.75 Å². The van der Waals surface area contributed by atoms with Crippen LogP contribution in [0.4, 0.5) is 5.69 Å². The summed E-state index contributed by atoms with van der Waals surface area (Å²) in [5.74, 6) is 1.27. The summed E-state index contributed by atoms with van der Waals surface area (Å²) >= 11 is 0. The number of hydrogen-bond donors (Lipinski definition) is 3. The molecule has 0 aliphatic carbocycles. The zero-order chi connectivity index (χ0) is 19.6. The van der Waals surface area contributed by atoms with Crippen LogP contribution in [0.25, 0.3) is 0 Å². The summed E-state index contributed by atoms with van der Waals surface area (Å²) in [6, 6.07) is 15.5. The van der Waals surface area contributed by atoms with Gasteiger partial charge in [0.05, 0.1) is 12.6 Å². The Morgan fingerprint density at radius 2 is 1.85 bits per heavy atom. The highest BCUT2D eigenvalue weighted by Crippen LogP contribution is 2.21. The number of carbonyl (C=O) groups excluding carboxylic acids is 1. The van der Waals surface area contributed by atoms with Gasteiger partial charge >= 0.3 is 0 Å². The highest BCUT2D eigenvalue weighted by Gasteiger charge is 2.08. The van der Waals surface area contributed by atoms with Crippen molar-refractivity contribution in [1.29, 1.82) is 0 Å². The maximum atomic E-state index is 12.0. The van der Waals surface area contributed by atoms with E-state index in [9.17, 15) is 4.79 Å². The predicted octanol–water partition coefficient (Wildman–Crippen LogP) is 3.09. The zero-order valence-electron chi connectivity index (χ0n) is 16.4. The molecule has 6 heteroatoms. The smallest absolute Gasteiger partial charge is 0.243 e. The highest BCUT2D eigenvalue weighted by atomic mass is 16.5. The molecule has 0 spiro atoms. The SMILES string of the molecule is CN=C(NCC(=O)Nc1ccccc1)NCc1ccc(C)cc1OC(C)C. The van der Waals surface area contributed by atoms with Crippen molar-refractivity contribution < 1.29 is 9.53 Å². The lowest BCUT2D eigenvalue weighted by atomic mass is 10.1. The second kappa shape index (κ2) is 10.2. The molecule has 0 aliphatic rings. The molecule has 0 fully saturated rings. The lowest BCUT2D eigenvalue weighted by Gasteiger charge is -2.17. The van der Waals surface area contributed by atoms with Gasteiger partial charge in [-0.2, -0.15) is 0 Å². The Morgan fingerprint density at radius 1 is 1.11 bits per heavy atom. The van der Waals surface area contributed by atoms with E-state index in [1.807, 2.05) is 69.3 Å². The van der Waals surface area contributed by atoms with Crippen LogP contribution in [0, 0.1) is 6.92 Å². The fourth-order valence-electron chi connectivity index (χ4n) is 2.46. The van der Waals surface area contributed by atoms with E-state index in [-0.39, 0.29) is 18.6 Å². The van der Waals surface area contributed by atoms with Gasteiger partial charge in [0.1, 0.15) is 5.75 Å². The Hall–Kier alpha value is -3.02. The number of benzene rings is 2. The number of nitrogens with zero attached hydrogens (tertiary/aromatic N) is 1. The number of amides is 1. The summed E-state index contributed by atoms with van der Waals surface area (Å²) in [7, 11) is 1.67. The van der Waals surface area contributed by atoms with Crippen LogP contribution in [0.5, 0.6) is 5.75 Å². The second-order valence-corrected chi connectivity index (χ2v) is 6.47. The van der Waals surface area contributed by atoms with Gasteiger partial charge in [0, 0.05) is 24.8 Å². The number of guanidine groups is 1. The van der Waals surface area contributed by atoms with Gasteiger partial charge in [-0.1, -0.05) is 30.3 Å². The van der Waals surface area contributed by atoms with Gasteiger partial charge in [0.15, 0.2) is 5.96 Å². The Labute approximate surface area is 161 Å². The molecule has 0 aliphatic heterocycles. The van der Waals surface area contributed by atoms with Crippen molar-refractivity contribution in [2.45, 2.75) is 33.4 Å². The maximum Gasteiger partial charge on any atom is 0.243 e. The second-order valence-electron chi connectivity index (χ2n) is 6.47. The summed E-state index contributed by atoms with van der Waals surface area (Å²) in [6.07, 6.45) is 0.102. The van der Waals surface area contributed by atoms with E-state index in [0.717, 1.165) is 22.6 Å². The minimum atomic E-state index is -0.136. The first-order valence-corrected chi connectivity index (χ1v) is 9.03. The van der Waals surface area contributed by atoms with Gasteiger partial charge in [-0.15, -0.1) is 0 Å². The first kappa shape index (κ1) is 20.3. The number of carbonyl (C=O) groups is 1. The average Bonchev–Trinajstić information content (AvgIpc) is 2.63. The Bertz CT molecular complexity index is 773. The molecule has 0 heterocycles. The van der Waals surface area contributed by atoms with Gasteiger partial charge in [0.25, 0.3) is 0 Å². The zero-order valence-corrected chi connectivity index (χ0v) is 16.4. The largest absolute Gasteiger partial charge is 0.491 e. The van der Waals surface area contributed by atoms with Crippen molar-refractivity contribution in [2.24, 2.45) is 4.99 Å². The van der Waals surface area contributed by atoms with Gasteiger partial charge in [-0.25, -0.2) is 0 Å². The number of aryl methyl sites for hydroxylation is 1. The number of para-hydroxylation sites is 1. The van der Waals surface area contributed by atoms with E-state index in [4.69, 9.17) is 4.74 Å². The lowest BCUT2D eigenvalue weighted by molar-refractivity contribution is -0.115. The first-order valence-electron chi connectivity index (χ1n) is 9.03. The third kappa shape index (κ3) is 7.01. The minimum absolute atomic E-state index is 0.102. The van der Waals surface area contributed by atoms with Crippen LogP contribution >= 0.6 is 0 Å². The van der Waals surface area contributed by atoms with E-state index in [0.29, 0.717) is 12.5 Å². The van der Waals surface area contributed by atoms with Crippen LogP contribution in [-0.2, 0) is 11.3 Å². The average molecular weight is 368 g/mol. The monoisotopic (exact) mass is 368 g/mol. The van der Waals surface area contributed by atoms with Gasteiger partial charge in [-0.05, 0) is 44.5 Å². The fourth-order valence-corrected chi connectivity index (χ4v) is 2.46. The highest BCUT2D eigenvalue weighted by molar-refractivity contribution is 5.94. The van der Waals surface area contributed by atoms with Crippen LogP contribution in [0.3, 0.4) is 0 Å². The molecule has 27 heavy (non-hydrogen) atoms. The van der Waals surface area contributed by atoms with Crippen LogP contribution in [0.15, 0.2) is 53.5 Å². The summed E-state index contributed by atoms with van der Waals surface area (Å²) in [5.41, 5.74) is 2.95. The first-order chi connectivity index (χ1) is 13.0.